The van der Waals surface area contributed by atoms with Crippen LogP contribution in [0, 0.1) is 0 Å². The number of nitrogens with zero attached hydrogens (tertiary/aromatic N) is 1. The summed E-state index contributed by atoms with van der Waals surface area (Å²) in [4.78, 5) is 4.90. The van der Waals surface area contributed by atoms with Gasteiger partial charge in [-0.2, -0.15) is 0 Å². The van der Waals surface area contributed by atoms with E-state index >= 15 is 0 Å². The molecule has 0 amide bonds. The van der Waals surface area contributed by atoms with Gasteiger partial charge in [0.1, 0.15) is 17.3 Å². The van der Waals surface area contributed by atoms with Crippen molar-refractivity contribution in [3.63, 3.8) is 0 Å². The fourth-order valence-electron chi connectivity index (χ4n) is 4.19. The quantitative estimate of drug-likeness (QED) is 0.743. The van der Waals surface area contributed by atoms with Gasteiger partial charge in [0.25, 0.3) is 0 Å². The number of fused-ring (bicyclic) bond motifs is 1. The fourth-order valence-corrected chi connectivity index (χ4v) is 4.19. The van der Waals surface area contributed by atoms with Crippen molar-refractivity contribution < 1.29 is 9.84 Å². The molecular weight excluding hydrogens is 338 g/mol. The maximum absolute atomic E-state index is 10.6. The number of benzene rings is 1. The highest BCUT2D eigenvalue weighted by Crippen LogP contribution is 2.41. The second-order valence-electron chi connectivity index (χ2n) is 7.50. The molecule has 2 aliphatic rings. The second-order valence-corrected chi connectivity index (χ2v) is 7.50. The van der Waals surface area contributed by atoms with E-state index in [1.807, 2.05) is 12.1 Å². The highest BCUT2D eigenvalue weighted by Gasteiger charge is 2.25. The summed E-state index contributed by atoms with van der Waals surface area (Å²) in [5, 5.41) is 17.6. The molecule has 0 saturated carbocycles. The van der Waals surface area contributed by atoms with E-state index in [-0.39, 0.29) is 5.75 Å². The van der Waals surface area contributed by atoms with E-state index in [1.165, 1.54) is 24.0 Å². The Bertz CT molecular complexity index is 800. The minimum Gasteiger partial charge on any atom is -0.507 e. The third kappa shape index (κ3) is 3.74. The van der Waals surface area contributed by atoms with Gasteiger partial charge in [0.2, 0.25) is 0 Å². The van der Waals surface area contributed by atoms with Crippen LogP contribution in [0.1, 0.15) is 49.7 Å². The van der Waals surface area contributed by atoms with Crippen molar-refractivity contribution in [3.8, 4) is 22.8 Å². The van der Waals surface area contributed by atoms with Gasteiger partial charge in [-0.05, 0) is 73.9 Å². The third-order valence-electron chi connectivity index (χ3n) is 5.51. The first kappa shape index (κ1) is 18.1. The van der Waals surface area contributed by atoms with E-state index in [2.05, 4.69) is 23.6 Å². The number of phenols is 1. The zero-order valence-electron chi connectivity index (χ0n) is 16.1. The van der Waals surface area contributed by atoms with Gasteiger partial charge >= 0.3 is 0 Å². The van der Waals surface area contributed by atoms with E-state index in [4.69, 9.17) is 9.72 Å². The zero-order chi connectivity index (χ0) is 18.6. The summed E-state index contributed by atoms with van der Waals surface area (Å²) in [5.74, 6) is 2.40. The molecule has 1 aromatic carbocycles. The highest BCUT2D eigenvalue weighted by molar-refractivity contribution is 5.76. The van der Waals surface area contributed by atoms with Crippen LogP contribution in [0.5, 0.6) is 11.5 Å². The number of aromatic nitrogens is 1. The Morgan fingerprint density at radius 3 is 3.00 bits per heavy atom. The Balaban J connectivity index is 1.82. The van der Waals surface area contributed by atoms with Crippen LogP contribution in [-0.4, -0.2) is 36.3 Å². The summed E-state index contributed by atoms with van der Waals surface area (Å²) in [7, 11) is 0. The van der Waals surface area contributed by atoms with Crippen LogP contribution < -0.4 is 15.4 Å². The molecule has 5 heteroatoms. The van der Waals surface area contributed by atoms with Crippen molar-refractivity contribution in [2.75, 3.05) is 31.6 Å². The minimum absolute atomic E-state index is 0.222. The van der Waals surface area contributed by atoms with Gasteiger partial charge in [-0.15, -0.1) is 0 Å². The van der Waals surface area contributed by atoms with Crippen molar-refractivity contribution in [1.29, 1.82) is 0 Å². The number of hydrogen-bond donors (Lipinski definition) is 3. The van der Waals surface area contributed by atoms with Crippen LogP contribution in [0.2, 0.25) is 0 Å². The molecule has 27 heavy (non-hydrogen) atoms. The van der Waals surface area contributed by atoms with Crippen molar-refractivity contribution in [1.82, 2.24) is 10.3 Å². The van der Waals surface area contributed by atoms with Crippen molar-refractivity contribution in [2.24, 2.45) is 0 Å². The number of anilines is 1. The molecule has 1 atom stereocenters. The molecule has 1 fully saturated rings. The standard InChI is InChI=1S/C22H29N3O2/c1-2-12-27-20-9-3-8-19(26)21(20)18-13-17(15-6-4-10-23-14-15)16-7-5-11-24-22(16)25-18/h3,8-9,13,15,23,26H,2,4-7,10-12,14H2,1H3,(H,24,25). The molecule has 1 unspecified atom stereocenters. The third-order valence-corrected chi connectivity index (χ3v) is 5.51. The molecule has 5 nitrogen and oxygen atoms in total. The molecule has 0 spiro atoms. The van der Waals surface area contributed by atoms with Crippen LogP contribution in [0.4, 0.5) is 5.82 Å². The van der Waals surface area contributed by atoms with Crippen molar-refractivity contribution in [2.45, 2.75) is 44.9 Å². The predicted molar refractivity (Wildman–Crippen MR) is 109 cm³/mol. The van der Waals surface area contributed by atoms with E-state index in [0.717, 1.165) is 50.4 Å². The predicted octanol–water partition coefficient (Wildman–Crippen LogP) is 4.07. The number of piperidine rings is 1. The average molecular weight is 367 g/mol. The monoisotopic (exact) mass is 367 g/mol. The fraction of sp³-hybridized carbons (Fsp3) is 0.500. The molecule has 0 bridgehead atoms. The molecule has 1 aromatic heterocycles. The molecule has 3 heterocycles. The number of phenolic OH excluding ortho intramolecular Hbond substituents is 1. The molecule has 0 radical (unpaired) electrons. The summed E-state index contributed by atoms with van der Waals surface area (Å²) >= 11 is 0. The topological polar surface area (TPSA) is 66.4 Å². The lowest BCUT2D eigenvalue weighted by Gasteiger charge is -2.29. The number of aromatic hydroxyl groups is 1. The summed E-state index contributed by atoms with van der Waals surface area (Å²) in [6, 6.07) is 7.65. The largest absolute Gasteiger partial charge is 0.507 e. The molecule has 1 saturated heterocycles. The van der Waals surface area contributed by atoms with Gasteiger partial charge in [-0.1, -0.05) is 13.0 Å². The second kappa shape index (κ2) is 8.17. The van der Waals surface area contributed by atoms with Crippen LogP contribution >= 0.6 is 0 Å². The lowest BCUT2D eigenvalue weighted by atomic mass is 9.85. The number of nitrogens with one attached hydrogen (secondary N) is 2. The minimum atomic E-state index is 0.222. The Hall–Kier alpha value is -2.27. The normalized spacial score (nSPS) is 19.2. The number of rotatable bonds is 5. The zero-order valence-corrected chi connectivity index (χ0v) is 16.1. The molecule has 2 aromatic rings. The summed E-state index contributed by atoms with van der Waals surface area (Å²) in [6.45, 7) is 5.77. The van der Waals surface area contributed by atoms with Gasteiger partial charge < -0.3 is 20.5 Å². The number of hydrogen-bond acceptors (Lipinski definition) is 5. The Labute approximate surface area is 161 Å². The lowest BCUT2D eigenvalue weighted by Crippen LogP contribution is -2.29. The summed E-state index contributed by atoms with van der Waals surface area (Å²) in [6.07, 6.45) is 5.53. The molecular formula is C22H29N3O2. The SMILES string of the molecule is CCCOc1cccc(O)c1-c1cc(C2CCCNC2)c2c(n1)NCCC2. The van der Waals surface area contributed by atoms with Gasteiger partial charge in [-0.3, -0.25) is 0 Å². The van der Waals surface area contributed by atoms with Crippen LogP contribution in [0.25, 0.3) is 11.3 Å². The lowest BCUT2D eigenvalue weighted by molar-refractivity contribution is 0.317. The van der Waals surface area contributed by atoms with E-state index in [9.17, 15) is 5.11 Å². The Kier molecular flexibility index (Phi) is 5.48. The van der Waals surface area contributed by atoms with E-state index in [0.29, 0.717) is 23.8 Å². The molecule has 0 aliphatic carbocycles. The summed E-state index contributed by atoms with van der Waals surface area (Å²) in [5.41, 5.74) is 4.23. The van der Waals surface area contributed by atoms with E-state index in [1.54, 1.807) is 6.07 Å². The van der Waals surface area contributed by atoms with Crippen LogP contribution in [-0.2, 0) is 6.42 Å². The van der Waals surface area contributed by atoms with Gasteiger partial charge in [0.15, 0.2) is 0 Å². The average Bonchev–Trinajstić information content (AvgIpc) is 2.72. The molecule has 144 valence electrons. The van der Waals surface area contributed by atoms with E-state index < -0.39 is 0 Å². The number of pyridine rings is 1. The maximum Gasteiger partial charge on any atom is 0.132 e. The van der Waals surface area contributed by atoms with Crippen molar-refractivity contribution in [3.05, 3.63) is 35.4 Å². The molecule has 4 rings (SSSR count). The van der Waals surface area contributed by atoms with Gasteiger partial charge in [0, 0.05) is 13.1 Å². The maximum atomic E-state index is 10.6. The molecule has 3 N–H and O–H groups in total. The Morgan fingerprint density at radius 2 is 2.19 bits per heavy atom. The summed E-state index contributed by atoms with van der Waals surface area (Å²) < 4.78 is 5.92. The first-order chi connectivity index (χ1) is 13.3. The smallest absolute Gasteiger partial charge is 0.132 e. The van der Waals surface area contributed by atoms with Crippen LogP contribution in [0.15, 0.2) is 24.3 Å². The number of ether oxygens (including phenoxy) is 1. The highest BCUT2D eigenvalue weighted by atomic mass is 16.5. The van der Waals surface area contributed by atoms with Gasteiger partial charge in [0.05, 0.1) is 17.9 Å². The van der Waals surface area contributed by atoms with Gasteiger partial charge in [-0.25, -0.2) is 4.98 Å². The molecule has 2 aliphatic heterocycles. The first-order valence-electron chi connectivity index (χ1n) is 10.2. The Morgan fingerprint density at radius 1 is 1.26 bits per heavy atom. The van der Waals surface area contributed by atoms with Crippen LogP contribution in [0.3, 0.4) is 0 Å². The first-order valence-corrected chi connectivity index (χ1v) is 10.2. The van der Waals surface area contributed by atoms with Crippen molar-refractivity contribution >= 4 is 5.82 Å².